The first-order valence-electron chi connectivity index (χ1n) is 5.86. The summed E-state index contributed by atoms with van der Waals surface area (Å²) in [7, 11) is 0. The van der Waals surface area contributed by atoms with Crippen LogP contribution in [0.15, 0.2) is 18.2 Å². The van der Waals surface area contributed by atoms with Crippen LogP contribution in [-0.2, 0) is 17.6 Å². The molecule has 0 bridgehead atoms. The van der Waals surface area contributed by atoms with Crippen molar-refractivity contribution in [2.24, 2.45) is 0 Å². The van der Waals surface area contributed by atoms with E-state index in [-0.39, 0.29) is 6.61 Å². The quantitative estimate of drug-likeness (QED) is 0.756. The highest BCUT2D eigenvalue weighted by molar-refractivity contribution is 6.20. The van der Waals surface area contributed by atoms with E-state index in [1.165, 1.54) is 11.1 Å². The Hall–Kier alpha value is -0.740. The van der Waals surface area contributed by atoms with Gasteiger partial charge in [-0.05, 0) is 36.0 Å². The monoisotopic (exact) mass is 278 g/mol. The second kappa shape index (κ2) is 5.49. The minimum absolute atomic E-state index is 0.125. The Morgan fingerprint density at radius 1 is 1.22 bits per heavy atom. The largest absolute Gasteiger partial charge is 0.411 e. The second-order valence-electron chi connectivity index (χ2n) is 4.48. The van der Waals surface area contributed by atoms with E-state index in [4.69, 9.17) is 11.6 Å². The molecule has 0 aromatic heterocycles. The molecular formula is C13H14ClF3O. The molecule has 1 atom stereocenters. The Labute approximate surface area is 109 Å². The molecule has 1 nitrogen and oxygen atoms in total. The van der Waals surface area contributed by atoms with Crippen LogP contribution >= 0.6 is 11.6 Å². The SMILES string of the molecule is FC(F)(F)COCC(Cl)c1ccc2c(c1)CCC2. The van der Waals surface area contributed by atoms with Crippen LogP contribution in [0.5, 0.6) is 0 Å². The van der Waals surface area contributed by atoms with Gasteiger partial charge in [-0.1, -0.05) is 18.2 Å². The average Bonchev–Trinajstić information content (AvgIpc) is 2.73. The number of ether oxygens (including phenoxy) is 1. The standard InChI is InChI=1S/C13H14ClF3O/c14-12(7-18-8-13(15,16)17)11-5-4-9-2-1-3-10(9)6-11/h4-6,12H,1-3,7-8H2. The minimum atomic E-state index is -4.30. The molecule has 0 N–H and O–H groups in total. The number of halogens is 4. The highest BCUT2D eigenvalue weighted by Crippen LogP contribution is 2.28. The molecule has 1 aromatic carbocycles. The molecule has 100 valence electrons. The summed E-state index contributed by atoms with van der Waals surface area (Å²) in [6.07, 6.45) is -1.06. The molecule has 0 fully saturated rings. The molecule has 0 saturated heterocycles. The van der Waals surface area contributed by atoms with E-state index in [2.05, 4.69) is 4.74 Å². The summed E-state index contributed by atoms with van der Waals surface area (Å²) in [6.45, 7) is -1.37. The molecule has 0 amide bonds. The predicted octanol–water partition coefficient (Wildman–Crippen LogP) is 4.03. The number of hydrogen-bond acceptors (Lipinski definition) is 1. The summed E-state index contributed by atoms with van der Waals surface area (Å²) in [5.41, 5.74) is 3.41. The third kappa shape index (κ3) is 3.62. The summed E-state index contributed by atoms with van der Waals surface area (Å²) < 4.78 is 40.3. The van der Waals surface area contributed by atoms with Gasteiger partial charge >= 0.3 is 6.18 Å². The number of fused-ring (bicyclic) bond motifs is 1. The lowest BCUT2D eigenvalue weighted by molar-refractivity contribution is -0.173. The minimum Gasteiger partial charge on any atom is -0.370 e. The maximum absolute atomic E-state index is 11.9. The number of hydrogen-bond donors (Lipinski definition) is 0. The van der Waals surface area contributed by atoms with Gasteiger partial charge in [-0.2, -0.15) is 13.2 Å². The smallest absolute Gasteiger partial charge is 0.370 e. The summed E-state index contributed by atoms with van der Waals surface area (Å²) in [6, 6.07) is 5.87. The van der Waals surface area contributed by atoms with Gasteiger partial charge in [-0.15, -0.1) is 11.6 Å². The van der Waals surface area contributed by atoms with Crippen LogP contribution in [0.4, 0.5) is 13.2 Å². The second-order valence-corrected chi connectivity index (χ2v) is 5.01. The van der Waals surface area contributed by atoms with Crippen molar-refractivity contribution in [1.29, 1.82) is 0 Å². The molecule has 5 heteroatoms. The van der Waals surface area contributed by atoms with Crippen LogP contribution in [0, 0.1) is 0 Å². The zero-order chi connectivity index (χ0) is 13.2. The van der Waals surface area contributed by atoms with E-state index in [1.54, 1.807) is 0 Å². The lowest BCUT2D eigenvalue weighted by atomic mass is 10.0. The normalized spacial score (nSPS) is 16.7. The first-order chi connectivity index (χ1) is 8.46. The van der Waals surface area contributed by atoms with Crippen molar-refractivity contribution >= 4 is 11.6 Å². The lowest BCUT2D eigenvalue weighted by Gasteiger charge is -2.13. The highest BCUT2D eigenvalue weighted by atomic mass is 35.5. The molecule has 0 saturated carbocycles. The molecule has 0 heterocycles. The van der Waals surface area contributed by atoms with Crippen LogP contribution in [0.3, 0.4) is 0 Å². The predicted molar refractivity (Wildman–Crippen MR) is 63.9 cm³/mol. The lowest BCUT2D eigenvalue weighted by Crippen LogP contribution is -2.18. The van der Waals surface area contributed by atoms with Crippen molar-refractivity contribution < 1.29 is 17.9 Å². The van der Waals surface area contributed by atoms with Crippen LogP contribution in [0.1, 0.15) is 28.5 Å². The molecule has 0 radical (unpaired) electrons. The molecule has 2 rings (SSSR count). The van der Waals surface area contributed by atoms with Crippen molar-refractivity contribution in [1.82, 2.24) is 0 Å². The first-order valence-corrected chi connectivity index (χ1v) is 6.29. The molecule has 1 aliphatic rings. The molecule has 1 unspecified atom stereocenters. The molecule has 0 aliphatic heterocycles. The van der Waals surface area contributed by atoms with Gasteiger partial charge in [0.15, 0.2) is 0 Å². The topological polar surface area (TPSA) is 9.23 Å². The van der Waals surface area contributed by atoms with Crippen molar-refractivity contribution in [3.8, 4) is 0 Å². The van der Waals surface area contributed by atoms with Crippen molar-refractivity contribution in [3.63, 3.8) is 0 Å². The number of rotatable bonds is 4. The number of alkyl halides is 4. The van der Waals surface area contributed by atoms with Crippen LogP contribution < -0.4 is 0 Å². The van der Waals surface area contributed by atoms with Gasteiger partial charge in [0, 0.05) is 0 Å². The van der Waals surface area contributed by atoms with E-state index in [9.17, 15) is 13.2 Å². The van der Waals surface area contributed by atoms with Gasteiger partial charge in [-0.25, -0.2) is 0 Å². The Balaban J connectivity index is 1.91. The Bertz CT molecular complexity index is 417. The van der Waals surface area contributed by atoms with Gasteiger partial charge in [0.2, 0.25) is 0 Å². The van der Waals surface area contributed by atoms with E-state index >= 15 is 0 Å². The fourth-order valence-electron chi connectivity index (χ4n) is 2.16. The summed E-state index contributed by atoms with van der Waals surface area (Å²) in [4.78, 5) is 0. The maximum Gasteiger partial charge on any atom is 0.411 e. The Morgan fingerprint density at radius 3 is 2.67 bits per heavy atom. The maximum atomic E-state index is 11.9. The van der Waals surface area contributed by atoms with Gasteiger partial charge < -0.3 is 4.74 Å². The molecule has 0 spiro atoms. The van der Waals surface area contributed by atoms with E-state index in [0.29, 0.717) is 0 Å². The van der Waals surface area contributed by atoms with Gasteiger partial charge in [0.25, 0.3) is 0 Å². The van der Waals surface area contributed by atoms with Crippen molar-refractivity contribution in [2.45, 2.75) is 30.8 Å². The van der Waals surface area contributed by atoms with Crippen LogP contribution in [0.25, 0.3) is 0 Å². The van der Waals surface area contributed by atoms with Gasteiger partial charge in [-0.3, -0.25) is 0 Å². The molecule has 1 aliphatic carbocycles. The average molecular weight is 279 g/mol. The summed E-state index contributed by atoms with van der Waals surface area (Å²) in [5.74, 6) is 0. The molecule has 18 heavy (non-hydrogen) atoms. The Kier molecular flexibility index (Phi) is 4.17. The fraction of sp³-hybridized carbons (Fsp3) is 0.538. The van der Waals surface area contributed by atoms with E-state index < -0.39 is 18.2 Å². The van der Waals surface area contributed by atoms with E-state index in [0.717, 1.165) is 24.8 Å². The number of benzene rings is 1. The zero-order valence-electron chi connectivity index (χ0n) is 9.77. The molecular weight excluding hydrogens is 265 g/mol. The van der Waals surface area contributed by atoms with Crippen LogP contribution in [-0.4, -0.2) is 19.4 Å². The number of aryl methyl sites for hydroxylation is 2. The first kappa shape index (κ1) is 13.7. The van der Waals surface area contributed by atoms with Crippen molar-refractivity contribution in [3.05, 3.63) is 34.9 Å². The van der Waals surface area contributed by atoms with Crippen LogP contribution in [0.2, 0.25) is 0 Å². The summed E-state index contributed by atoms with van der Waals surface area (Å²) in [5, 5.41) is -0.529. The summed E-state index contributed by atoms with van der Waals surface area (Å²) >= 11 is 6.04. The van der Waals surface area contributed by atoms with E-state index in [1.807, 2.05) is 18.2 Å². The molecule has 1 aromatic rings. The van der Waals surface area contributed by atoms with Crippen molar-refractivity contribution in [2.75, 3.05) is 13.2 Å². The third-order valence-electron chi connectivity index (χ3n) is 3.01. The fourth-order valence-corrected chi connectivity index (χ4v) is 2.39. The van der Waals surface area contributed by atoms with Gasteiger partial charge in [0.1, 0.15) is 6.61 Å². The third-order valence-corrected chi connectivity index (χ3v) is 3.39. The zero-order valence-corrected chi connectivity index (χ0v) is 10.5. The highest BCUT2D eigenvalue weighted by Gasteiger charge is 2.28. The Morgan fingerprint density at radius 2 is 1.94 bits per heavy atom. The van der Waals surface area contributed by atoms with Gasteiger partial charge in [0.05, 0.1) is 12.0 Å².